The second kappa shape index (κ2) is 8.03. The van der Waals surface area contributed by atoms with Crippen molar-refractivity contribution >= 4 is 5.78 Å². The first-order chi connectivity index (χ1) is 6.20. The molecule has 0 heterocycles. The summed E-state index contributed by atoms with van der Waals surface area (Å²) in [5.41, 5.74) is 0. The Labute approximate surface area is 82.2 Å². The van der Waals surface area contributed by atoms with Gasteiger partial charge in [0.1, 0.15) is 0 Å². The van der Waals surface area contributed by atoms with E-state index in [9.17, 15) is 4.79 Å². The van der Waals surface area contributed by atoms with Crippen LogP contribution in [0.15, 0.2) is 12.2 Å². The number of allylic oxidation sites excluding steroid dienone is 2. The zero-order valence-electron chi connectivity index (χ0n) is 9.18. The zero-order chi connectivity index (χ0) is 10.1. The SMILES string of the molecule is CCCCC[C@H](/C=C/C(C)=O)CC. The maximum atomic E-state index is 10.7. The number of ketones is 1. The van der Waals surface area contributed by atoms with Gasteiger partial charge in [-0.25, -0.2) is 0 Å². The van der Waals surface area contributed by atoms with Gasteiger partial charge in [-0.2, -0.15) is 0 Å². The van der Waals surface area contributed by atoms with Crippen molar-refractivity contribution in [2.24, 2.45) is 5.92 Å². The first-order valence-corrected chi connectivity index (χ1v) is 5.39. The van der Waals surface area contributed by atoms with E-state index in [1.54, 1.807) is 13.0 Å². The fraction of sp³-hybridized carbons (Fsp3) is 0.750. The van der Waals surface area contributed by atoms with Gasteiger partial charge >= 0.3 is 0 Å². The van der Waals surface area contributed by atoms with Crippen molar-refractivity contribution in [3.05, 3.63) is 12.2 Å². The molecule has 76 valence electrons. The Balaban J connectivity index is 3.69. The van der Waals surface area contributed by atoms with Crippen LogP contribution in [0.4, 0.5) is 0 Å². The molecule has 0 aliphatic carbocycles. The van der Waals surface area contributed by atoms with Crippen molar-refractivity contribution in [3.63, 3.8) is 0 Å². The molecule has 0 bridgehead atoms. The van der Waals surface area contributed by atoms with Gasteiger partial charge < -0.3 is 0 Å². The number of carbonyl (C=O) groups excluding carboxylic acids is 1. The van der Waals surface area contributed by atoms with Crippen molar-refractivity contribution < 1.29 is 4.79 Å². The minimum absolute atomic E-state index is 0.161. The number of rotatable bonds is 7. The van der Waals surface area contributed by atoms with Crippen molar-refractivity contribution in [2.45, 2.75) is 52.9 Å². The Kier molecular flexibility index (Phi) is 7.66. The normalized spacial score (nSPS) is 13.5. The molecule has 13 heavy (non-hydrogen) atoms. The van der Waals surface area contributed by atoms with E-state index in [4.69, 9.17) is 0 Å². The standard InChI is InChI=1S/C12H22O/c1-4-6-7-8-12(5-2)10-9-11(3)13/h9-10,12H,4-8H2,1-3H3/b10-9+/t12-/m1/s1. The van der Waals surface area contributed by atoms with Gasteiger partial charge in [0, 0.05) is 0 Å². The van der Waals surface area contributed by atoms with Gasteiger partial charge in [0.2, 0.25) is 0 Å². The average Bonchev–Trinajstić information content (AvgIpc) is 2.10. The van der Waals surface area contributed by atoms with Crippen molar-refractivity contribution in [1.29, 1.82) is 0 Å². The summed E-state index contributed by atoms with van der Waals surface area (Å²) in [5.74, 6) is 0.768. The van der Waals surface area contributed by atoms with Crippen LogP contribution in [-0.4, -0.2) is 5.78 Å². The van der Waals surface area contributed by atoms with Crippen molar-refractivity contribution in [2.75, 3.05) is 0 Å². The summed E-state index contributed by atoms with van der Waals surface area (Å²) in [4.78, 5) is 10.7. The van der Waals surface area contributed by atoms with Gasteiger partial charge in [0.05, 0.1) is 0 Å². The monoisotopic (exact) mass is 182 g/mol. The van der Waals surface area contributed by atoms with Crippen molar-refractivity contribution in [3.8, 4) is 0 Å². The molecule has 0 rings (SSSR count). The van der Waals surface area contributed by atoms with Crippen LogP contribution in [-0.2, 0) is 4.79 Å². The van der Waals surface area contributed by atoms with E-state index in [1.807, 2.05) is 0 Å². The summed E-state index contributed by atoms with van der Waals surface area (Å²) in [6, 6.07) is 0. The smallest absolute Gasteiger partial charge is 0.152 e. The van der Waals surface area contributed by atoms with E-state index in [-0.39, 0.29) is 5.78 Å². The molecule has 1 heteroatoms. The first kappa shape index (κ1) is 12.4. The van der Waals surface area contributed by atoms with Crippen LogP contribution in [0.5, 0.6) is 0 Å². The summed E-state index contributed by atoms with van der Waals surface area (Å²) in [6.07, 6.45) is 10.0. The number of hydrogen-bond donors (Lipinski definition) is 0. The van der Waals surface area contributed by atoms with Crippen LogP contribution < -0.4 is 0 Å². The Bertz CT molecular complexity index is 159. The molecular weight excluding hydrogens is 160 g/mol. The second-order valence-electron chi connectivity index (χ2n) is 3.63. The highest BCUT2D eigenvalue weighted by Crippen LogP contribution is 2.14. The van der Waals surface area contributed by atoms with E-state index >= 15 is 0 Å². The minimum Gasteiger partial charge on any atom is -0.295 e. The molecule has 0 aromatic carbocycles. The lowest BCUT2D eigenvalue weighted by Crippen LogP contribution is -1.95. The maximum absolute atomic E-state index is 10.7. The molecule has 0 aromatic heterocycles. The van der Waals surface area contributed by atoms with Gasteiger partial charge in [0.25, 0.3) is 0 Å². The fourth-order valence-corrected chi connectivity index (χ4v) is 1.36. The van der Waals surface area contributed by atoms with Gasteiger partial charge in [-0.05, 0) is 31.8 Å². The van der Waals surface area contributed by atoms with E-state index in [0.29, 0.717) is 5.92 Å². The lowest BCUT2D eigenvalue weighted by atomic mass is 9.98. The summed E-state index contributed by atoms with van der Waals surface area (Å²) in [6.45, 7) is 6.00. The quantitative estimate of drug-likeness (QED) is 0.433. The van der Waals surface area contributed by atoms with Crippen LogP contribution in [0.1, 0.15) is 52.9 Å². The Morgan fingerprint density at radius 1 is 1.31 bits per heavy atom. The molecule has 0 N–H and O–H groups in total. The van der Waals surface area contributed by atoms with Crippen LogP contribution in [0.3, 0.4) is 0 Å². The molecule has 0 spiro atoms. The number of unbranched alkanes of at least 4 members (excludes halogenated alkanes) is 2. The van der Waals surface area contributed by atoms with Gasteiger partial charge in [0.15, 0.2) is 5.78 Å². The third-order valence-corrected chi connectivity index (χ3v) is 2.31. The molecule has 0 aliphatic heterocycles. The lowest BCUT2D eigenvalue weighted by Gasteiger charge is -2.08. The average molecular weight is 182 g/mol. The molecule has 0 saturated heterocycles. The highest BCUT2D eigenvalue weighted by Gasteiger charge is 2.00. The molecule has 0 radical (unpaired) electrons. The largest absolute Gasteiger partial charge is 0.295 e. The van der Waals surface area contributed by atoms with Gasteiger partial charge in [-0.1, -0.05) is 39.2 Å². The minimum atomic E-state index is 0.161. The Hall–Kier alpha value is -0.590. The summed E-state index contributed by atoms with van der Waals surface area (Å²) < 4.78 is 0. The number of carbonyl (C=O) groups is 1. The third-order valence-electron chi connectivity index (χ3n) is 2.31. The van der Waals surface area contributed by atoms with Crippen LogP contribution in [0.2, 0.25) is 0 Å². The third kappa shape index (κ3) is 7.76. The highest BCUT2D eigenvalue weighted by molar-refractivity contribution is 5.87. The van der Waals surface area contributed by atoms with Crippen LogP contribution in [0.25, 0.3) is 0 Å². The maximum Gasteiger partial charge on any atom is 0.152 e. The summed E-state index contributed by atoms with van der Waals surface area (Å²) in [5, 5.41) is 0. The molecular formula is C12H22O. The molecule has 0 amide bonds. The van der Waals surface area contributed by atoms with E-state index in [2.05, 4.69) is 19.9 Å². The number of hydrogen-bond acceptors (Lipinski definition) is 1. The lowest BCUT2D eigenvalue weighted by molar-refractivity contribution is -0.112. The predicted octanol–water partition coefficient (Wildman–Crippen LogP) is 3.74. The molecule has 0 aromatic rings. The first-order valence-electron chi connectivity index (χ1n) is 5.39. The topological polar surface area (TPSA) is 17.1 Å². The van der Waals surface area contributed by atoms with E-state index in [1.165, 1.54) is 25.7 Å². The molecule has 0 aliphatic rings. The molecule has 0 fully saturated rings. The van der Waals surface area contributed by atoms with Crippen LogP contribution >= 0.6 is 0 Å². The second-order valence-corrected chi connectivity index (χ2v) is 3.63. The van der Waals surface area contributed by atoms with Gasteiger partial charge in [-0.3, -0.25) is 4.79 Å². The Morgan fingerprint density at radius 2 is 2.00 bits per heavy atom. The predicted molar refractivity (Wildman–Crippen MR) is 57.7 cm³/mol. The molecule has 1 atom stereocenters. The fourth-order valence-electron chi connectivity index (χ4n) is 1.36. The summed E-state index contributed by atoms with van der Waals surface area (Å²) in [7, 11) is 0. The van der Waals surface area contributed by atoms with Gasteiger partial charge in [-0.15, -0.1) is 0 Å². The Morgan fingerprint density at radius 3 is 2.46 bits per heavy atom. The van der Waals surface area contributed by atoms with Crippen LogP contribution in [0, 0.1) is 5.92 Å². The zero-order valence-corrected chi connectivity index (χ0v) is 9.18. The van der Waals surface area contributed by atoms with E-state index in [0.717, 1.165) is 6.42 Å². The van der Waals surface area contributed by atoms with Crippen molar-refractivity contribution in [1.82, 2.24) is 0 Å². The molecule has 1 nitrogen and oxygen atoms in total. The highest BCUT2D eigenvalue weighted by atomic mass is 16.1. The molecule has 0 saturated carbocycles. The summed E-state index contributed by atoms with van der Waals surface area (Å²) >= 11 is 0. The molecule has 0 unspecified atom stereocenters. The van der Waals surface area contributed by atoms with E-state index < -0.39 is 0 Å².